The van der Waals surface area contributed by atoms with Crippen LogP contribution in [0.25, 0.3) is 0 Å². The number of nitrogens with one attached hydrogen (secondary N) is 1. The highest BCUT2D eigenvalue weighted by Crippen LogP contribution is 2.27. The van der Waals surface area contributed by atoms with E-state index in [2.05, 4.69) is 0 Å². The van der Waals surface area contributed by atoms with Crippen molar-refractivity contribution in [3.8, 4) is 0 Å². The maximum Gasteiger partial charge on any atom is 0.262 e. The van der Waals surface area contributed by atoms with Crippen molar-refractivity contribution in [2.45, 2.75) is 11.8 Å². The monoisotopic (exact) mass is 332 g/mol. The zero-order chi connectivity index (χ0) is 15.8. The number of sulfonamides is 1. The largest absolute Gasteiger partial charge is 0.398 e. The third kappa shape index (κ3) is 3.25. The molecule has 0 atom stereocenters. The van der Waals surface area contributed by atoms with Crippen LogP contribution in [-0.4, -0.2) is 8.42 Å². The molecule has 8 heteroatoms. The number of hydrogen-bond acceptors (Lipinski definition) is 3. The fraction of sp³-hybridized carbons (Fsp3) is 0.0769. The molecule has 2 rings (SSSR count). The molecule has 0 bridgehead atoms. The summed E-state index contributed by atoms with van der Waals surface area (Å²) in [4.78, 5) is -0.237. The van der Waals surface area contributed by atoms with Crippen LogP contribution in [0.3, 0.4) is 0 Å². The Morgan fingerprint density at radius 1 is 1.19 bits per heavy atom. The molecule has 0 fully saturated rings. The van der Waals surface area contributed by atoms with Gasteiger partial charge in [-0.05, 0) is 36.8 Å². The maximum absolute atomic E-state index is 13.5. The average Bonchev–Trinajstić information content (AvgIpc) is 2.39. The summed E-state index contributed by atoms with van der Waals surface area (Å²) in [6.07, 6.45) is 0. The SMILES string of the molecule is Cc1c(N)cc(S(=O)(=O)Nc2cc(F)ccc2F)cc1Cl. The van der Waals surface area contributed by atoms with Crippen molar-refractivity contribution in [1.82, 2.24) is 0 Å². The van der Waals surface area contributed by atoms with Gasteiger partial charge >= 0.3 is 0 Å². The quantitative estimate of drug-likeness (QED) is 0.847. The Hall–Kier alpha value is -1.86. The standard InChI is InChI=1S/C13H11ClF2N2O2S/c1-7-10(14)5-9(6-12(7)17)21(19,20)18-13-4-8(15)2-3-11(13)16/h2-6,18H,17H2,1H3. The Morgan fingerprint density at radius 3 is 2.48 bits per heavy atom. The number of anilines is 2. The van der Waals surface area contributed by atoms with Crippen LogP contribution >= 0.6 is 11.6 Å². The lowest BCUT2D eigenvalue weighted by atomic mass is 10.2. The van der Waals surface area contributed by atoms with E-state index in [9.17, 15) is 17.2 Å². The topological polar surface area (TPSA) is 72.2 Å². The first kappa shape index (κ1) is 15.5. The number of halogens is 3. The van der Waals surface area contributed by atoms with Gasteiger partial charge in [-0.1, -0.05) is 11.6 Å². The molecule has 0 aliphatic heterocycles. The fourth-order valence-corrected chi connectivity index (χ4v) is 3.02. The first-order valence-electron chi connectivity index (χ1n) is 5.74. The van der Waals surface area contributed by atoms with E-state index < -0.39 is 27.3 Å². The van der Waals surface area contributed by atoms with Crippen molar-refractivity contribution in [1.29, 1.82) is 0 Å². The minimum Gasteiger partial charge on any atom is -0.398 e. The number of benzene rings is 2. The summed E-state index contributed by atoms with van der Waals surface area (Å²) >= 11 is 5.88. The summed E-state index contributed by atoms with van der Waals surface area (Å²) in [6, 6.07) is 4.83. The maximum atomic E-state index is 13.5. The van der Waals surface area contributed by atoms with Crippen LogP contribution < -0.4 is 10.5 Å². The van der Waals surface area contributed by atoms with Gasteiger partial charge in [-0.25, -0.2) is 17.2 Å². The van der Waals surface area contributed by atoms with Gasteiger partial charge in [0.25, 0.3) is 10.0 Å². The molecule has 3 N–H and O–H groups in total. The van der Waals surface area contributed by atoms with E-state index in [1.807, 2.05) is 4.72 Å². The predicted octanol–water partition coefficient (Wildman–Crippen LogP) is 3.31. The fourth-order valence-electron chi connectivity index (χ4n) is 1.61. The van der Waals surface area contributed by atoms with Crippen molar-refractivity contribution >= 4 is 33.0 Å². The van der Waals surface area contributed by atoms with Gasteiger partial charge in [-0.3, -0.25) is 4.72 Å². The zero-order valence-electron chi connectivity index (χ0n) is 10.8. The highest BCUT2D eigenvalue weighted by atomic mass is 35.5. The second-order valence-corrected chi connectivity index (χ2v) is 6.44. The second kappa shape index (κ2) is 5.50. The molecule has 0 saturated heterocycles. The number of hydrogen-bond donors (Lipinski definition) is 2. The summed E-state index contributed by atoms with van der Waals surface area (Å²) in [5, 5.41) is 0.162. The van der Waals surface area contributed by atoms with Gasteiger partial charge in [0.2, 0.25) is 0 Å². The first-order valence-corrected chi connectivity index (χ1v) is 7.60. The van der Waals surface area contributed by atoms with Gasteiger partial charge in [-0.2, -0.15) is 0 Å². The van der Waals surface area contributed by atoms with Crippen LogP contribution in [0.2, 0.25) is 5.02 Å². The lowest BCUT2D eigenvalue weighted by Crippen LogP contribution is -2.14. The lowest BCUT2D eigenvalue weighted by Gasteiger charge is -2.11. The van der Waals surface area contributed by atoms with Gasteiger partial charge in [0.05, 0.1) is 10.6 Å². The molecule has 2 aromatic rings. The second-order valence-electron chi connectivity index (χ2n) is 4.35. The van der Waals surface area contributed by atoms with E-state index in [4.69, 9.17) is 17.3 Å². The third-order valence-corrected chi connectivity index (χ3v) is 4.58. The molecule has 0 unspecified atom stereocenters. The predicted molar refractivity (Wildman–Crippen MR) is 77.8 cm³/mol. The van der Waals surface area contributed by atoms with E-state index >= 15 is 0 Å². The van der Waals surface area contributed by atoms with Crippen molar-refractivity contribution in [3.05, 3.63) is 52.6 Å². The molecule has 2 aromatic carbocycles. The summed E-state index contributed by atoms with van der Waals surface area (Å²) in [7, 11) is -4.14. The lowest BCUT2D eigenvalue weighted by molar-refractivity contribution is 0.594. The number of nitrogen functional groups attached to an aromatic ring is 1. The van der Waals surface area contributed by atoms with Crippen molar-refractivity contribution < 1.29 is 17.2 Å². The van der Waals surface area contributed by atoms with Crippen LogP contribution in [0.1, 0.15) is 5.56 Å². The van der Waals surface area contributed by atoms with Crippen LogP contribution in [-0.2, 0) is 10.0 Å². The average molecular weight is 333 g/mol. The van der Waals surface area contributed by atoms with Gasteiger partial charge in [0.1, 0.15) is 11.6 Å². The highest BCUT2D eigenvalue weighted by molar-refractivity contribution is 7.92. The summed E-state index contributed by atoms with van der Waals surface area (Å²) in [5.41, 5.74) is 5.88. The van der Waals surface area contributed by atoms with E-state index in [-0.39, 0.29) is 15.6 Å². The minimum atomic E-state index is -4.14. The summed E-state index contributed by atoms with van der Waals surface area (Å²) in [5.74, 6) is -1.67. The number of nitrogens with two attached hydrogens (primary N) is 1. The number of rotatable bonds is 3. The Balaban J connectivity index is 2.46. The first-order chi connectivity index (χ1) is 9.70. The van der Waals surface area contributed by atoms with Crippen LogP contribution in [0, 0.1) is 18.6 Å². The summed E-state index contributed by atoms with van der Waals surface area (Å²) in [6.45, 7) is 1.63. The van der Waals surface area contributed by atoms with E-state index in [1.54, 1.807) is 6.92 Å². The van der Waals surface area contributed by atoms with Gasteiger partial charge in [0.15, 0.2) is 0 Å². The molecule has 0 aliphatic carbocycles. The van der Waals surface area contributed by atoms with Gasteiger partial charge < -0.3 is 5.73 Å². The molecule has 0 aromatic heterocycles. The van der Waals surface area contributed by atoms with Crippen molar-refractivity contribution in [2.75, 3.05) is 10.5 Å². The molecule has 0 heterocycles. The van der Waals surface area contributed by atoms with Crippen molar-refractivity contribution in [3.63, 3.8) is 0 Å². The van der Waals surface area contributed by atoms with Crippen LogP contribution in [0.4, 0.5) is 20.2 Å². The molecule has 0 amide bonds. The zero-order valence-corrected chi connectivity index (χ0v) is 12.4. The van der Waals surface area contributed by atoms with E-state index in [1.165, 1.54) is 12.1 Å². The van der Waals surface area contributed by atoms with Crippen molar-refractivity contribution in [2.24, 2.45) is 0 Å². The van der Waals surface area contributed by atoms with Gasteiger partial charge in [-0.15, -0.1) is 0 Å². The molecule has 0 saturated carbocycles. The Kier molecular flexibility index (Phi) is 4.06. The van der Waals surface area contributed by atoms with Gasteiger partial charge in [0, 0.05) is 16.8 Å². The third-order valence-electron chi connectivity index (χ3n) is 2.84. The molecule has 0 spiro atoms. The minimum absolute atomic E-state index is 0.162. The Morgan fingerprint density at radius 2 is 1.86 bits per heavy atom. The normalized spacial score (nSPS) is 11.4. The molecular weight excluding hydrogens is 322 g/mol. The molecule has 112 valence electrons. The smallest absolute Gasteiger partial charge is 0.262 e. The molecular formula is C13H11ClF2N2O2S. The highest BCUT2D eigenvalue weighted by Gasteiger charge is 2.19. The summed E-state index contributed by atoms with van der Waals surface area (Å²) < 4.78 is 52.9. The Bertz CT molecular complexity index is 787. The van der Waals surface area contributed by atoms with E-state index in [0.717, 1.165) is 18.2 Å². The molecule has 0 radical (unpaired) electrons. The molecule has 4 nitrogen and oxygen atoms in total. The van der Waals surface area contributed by atoms with E-state index in [0.29, 0.717) is 5.56 Å². The molecule has 0 aliphatic rings. The Labute approximate surface area is 125 Å². The molecule has 21 heavy (non-hydrogen) atoms. The van der Waals surface area contributed by atoms with Crippen LogP contribution in [0.15, 0.2) is 35.2 Å². The van der Waals surface area contributed by atoms with Crippen LogP contribution in [0.5, 0.6) is 0 Å².